The van der Waals surface area contributed by atoms with Gasteiger partial charge in [-0.05, 0) is 12.1 Å². The van der Waals surface area contributed by atoms with E-state index in [0.717, 1.165) is 6.07 Å². The summed E-state index contributed by atoms with van der Waals surface area (Å²) in [6.45, 7) is 0. The molecule has 0 spiro atoms. The SMILES string of the molecule is O=S(O)NC(c1ccccn1)C(F)(F)F. The molecule has 2 N–H and O–H groups in total. The molecule has 0 aliphatic carbocycles. The first-order valence-electron chi connectivity index (χ1n) is 3.76. The molecule has 0 radical (unpaired) electrons. The van der Waals surface area contributed by atoms with Gasteiger partial charge in [-0.3, -0.25) is 9.54 Å². The molecule has 0 aliphatic heterocycles. The molecule has 1 aromatic heterocycles. The molecule has 2 atom stereocenters. The molecule has 1 aromatic rings. The number of halogens is 3. The first-order valence-corrected chi connectivity index (χ1v) is 4.86. The van der Waals surface area contributed by atoms with E-state index in [1.54, 1.807) is 0 Å². The largest absolute Gasteiger partial charge is 0.410 e. The second-order valence-corrected chi connectivity index (χ2v) is 3.33. The Morgan fingerprint density at radius 2 is 2.13 bits per heavy atom. The van der Waals surface area contributed by atoms with Crippen molar-refractivity contribution in [3.05, 3.63) is 30.1 Å². The third-order valence-electron chi connectivity index (χ3n) is 1.53. The topological polar surface area (TPSA) is 62.2 Å². The minimum Gasteiger partial charge on any atom is -0.294 e. The van der Waals surface area contributed by atoms with Crippen LogP contribution in [-0.4, -0.2) is 19.9 Å². The van der Waals surface area contributed by atoms with E-state index in [2.05, 4.69) is 4.98 Å². The van der Waals surface area contributed by atoms with Crippen LogP contribution in [0.5, 0.6) is 0 Å². The van der Waals surface area contributed by atoms with Crippen LogP contribution >= 0.6 is 0 Å². The van der Waals surface area contributed by atoms with Gasteiger partial charge in [-0.2, -0.15) is 17.9 Å². The summed E-state index contributed by atoms with van der Waals surface area (Å²) in [6, 6.07) is 1.69. The molecule has 8 heteroatoms. The van der Waals surface area contributed by atoms with E-state index < -0.39 is 23.5 Å². The lowest BCUT2D eigenvalue weighted by atomic mass is 10.2. The molecule has 0 saturated heterocycles. The number of pyridine rings is 1. The van der Waals surface area contributed by atoms with Crippen LogP contribution in [0.25, 0.3) is 0 Å². The van der Waals surface area contributed by atoms with Crippen LogP contribution in [0.4, 0.5) is 13.2 Å². The number of alkyl halides is 3. The molecule has 15 heavy (non-hydrogen) atoms. The van der Waals surface area contributed by atoms with Gasteiger partial charge in [0.15, 0.2) is 6.04 Å². The van der Waals surface area contributed by atoms with Gasteiger partial charge >= 0.3 is 6.18 Å². The monoisotopic (exact) mass is 240 g/mol. The molecule has 4 nitrogen and oxygen atoms in total. The Morgan fingerprint density at radius 3 is 2.53 bits per heavy atom. The van der Waals surface area contributed by atoms with Gasteiger partial charge in [0.1, 0.15) is 0 Å². The molecule has 2 unspecified atom stereocenters. The van der Waals surface area contributed by atoms with E-state index in [9.17, 15) is 17.4 Å². The molecule has 0 bridgehead atoms. The first-order chi connectivity index (χ1) is 6.91. The van der Waals surface area contributed by atoms with Gasteiger partial charge in [0.2, 0.25) is 11.3 Å². The average molecular weight is 240 g/mol. The number of hydrogen-bond acceptors (Lipinski definition) is 2. The Morgan fingerprint density at radius 1 is 1.47 bits per heavy atom. The average Bonchev–Trinajstić information content (AvgIpc) is 2.14. The minimum atomic E-state index is -4.67. The highest BCUT2D eigenvalue weighted by molar-refractivity contribution is 7.77. The van der Waals surface area contributed by atoms with Crippen LogP contribution in [0.15, 0.2) is 24.4 Å². The summed E-state index contributed by atoms with van der Waals surface area (Å²) >= 11 is -2.75. The van der Waals surface area contributed by atoms with Crippen molar-refractivity contribution < 1.29 is 21.9 Å². The molecule has 0 fully saturated rings. The molecule has 0 amide bonds. The third kappa shape index (κ3) is 3.57. The van der Waals surface area contributed by atoms with E-state index in [0.29, 0.717) is 0 Å². The van der Waals surface area contributed by atoms with Crippen molar-refractivity contribution in [3.8, 4) is 0 Å². The molecular weight excluding hydrogens is 233 g/mol. The predicted molar refractivity (Wildman–Crippen MR) is 46.9 cm³/mol. The molecule has 1 rings (SSSR count). The molecule has 0 aromatic carbocycles. The molecule has 1 heterocycles. The second-order valence-electron chi connectivity index (χ2n) is 2.60. The lowest BCUT2D eigenvalue weighted by Gasteiger charge is -2.18. The summed E-state index contributed by atoms with van der Waals surface area (Å²) in [5, 5.41) is 0. The van der Waals surface area contributed by atoms with Crippen molar-refractivity contribution in [2.75, 3.05) is 0 Å². The van der Waals surface area contributed by atoms with Crippen LogP contribution in [0, 0.1) is 0 Å². The van der Waals surface area contributed by atoms with Gasteiger partial charge in [-0.15, -0.1) is 0 Å². The maximum Gasteiger partial charge on any atom is 0.410 e. The van der Waals surface area contributed by atoms with E-state index >= 15 is 0 Å². The lowest BCUT2D eigenvalue weighted by Crippen LogP contribution is -2.35. The molecular formula is C7H7F3N2O2S. The van der Waals surface area contributed by atoms with Crippen LogP contribution < -0.4 is 4.72 Å². The summed E-state index contributed by atoms with van der Waals surface area (Å²) in [4.78, 5) is 3.47. The Balaban J connectivity index is 2.97. The maximum atomic E-state index is 12.4. The smallest absolute Gasteiger partial charge is 0.294 e. The zero-order valence-electron chi connectivity index (χ0n) is 7.23. The van der Waals surface area contributed by atoms with Crippen molar-refractivity contribution in [1.29, 1.82) is 0 Å². The fourth-order valence-corrected chi connectivity index (χ4v) is 1.40. The van der Waals surface area contributed by atoms with Gasteiger partial charge in [0.25, 0.3) is 0 Å². The maximum absolute atomic E-state index is 12.4. The standard InChI is InChI=1S/C7H7F3N2O2S/c8-7(9,10)6(12-15(13)14)5-3-1-2-4-11-5/h1-4,6,12H,(H,13,14). The number of nitrogens with one attached hydrogen (secondary N) is 1. The Kier molecular flexibility index (Phi) is 3.77. The number of hydrogen-bond donors (Lipinski definition) is 2. The molecule has 0 aliphatic rings. The Labute approximate surface area is 85.9 Å². The third-order valence-corrected chi connectivity index (χ3v) is 1.97. The first kappa shape index (κ1) is 12.1. The highest BCUT2D eigenvalue weighted by Crippen LogP contribution is 2.31. The summed E-state index contributed by atoms with van der Waals surface area (Å²) in [6.07, 6.45) is -3.50. The van der Waals surface area contributed by atoms with Gasteiger partial charge in [-0.1, -0.05) is 6.07 Å². The summed E-state index contributed by atoms with van der Waals surface area (Å²) < 4.78 is 57.4. The van der Waals surface area contributed by atoms with Crippen molar-refractivity contribution in [2.45, 2.75) is 12.2 Å². The molecule has 0 saturated carbocycles. The van der Waals surface area contributed by atoms with Gasteiger partial charge < -0.3 is 0 Å². The van der Waals surface area contributed by atoms with Crippen LogP contribution in [-0.2, 0) is 11.3 Å². The number of aromatic nitrogens is 1. The highest BCUT2D eigenvalue weighted by Gasteiger charge is 2.42. The Bertz CT molecular complexity index is 344. The highest BCUT2D eigenvalue weighted by atomic mass is 32.2. The number of nitrogens with zero attached hydrogens (tertiary/aromatic N) is 1. The fourth-order valence-electron chi connectivity index (χ4n) is 0.942. The minimum absolute atomic E-state index is 0.354. The Hall–Kier alpha value is -0.990. The lowest BCUT2D eigenvalue weighted by molar-refractivity contribution is -0.153. The van der Waals surface area contributed by atoms with Crippen molar-refractivity contribution in [3.63, 3.8) is 0 Å². The second kappa shape index (κ2) is 4.69. The van der Waals surface area contributed by atoms with Gasteiger partial charge in [0, 0.05) is 6.20 Å². The molecule has 84 valence electrons. The van der Waals surface area contributed by atoms with Gasteiger partial charge in [-0.25, -0.2) is 4.21 Å². The van der Waals surface area contributed by atoms with Crippen molar-refractivity contribution in [1.82, 2.24) is 9.71 Å². The van der Waals surface area contributed by atoms with E-state index in [1.165, 1.54) is 23.1 Å². The van der Waals surface area contributed by atoms with E-state index in [-0.39, 0.29) is 5.69 Å². The van der Waals surface area contributed by atoms with Gasteiger partial charge in [0.05, 0.1) is 5.69 Å². The van der Waals surface area contributed by atoms with Crippen LogP contribution in [0.2, 0.25) is 0 Å². The van der Waals surface area contributed by atoms with Crippen LogP contribution in [0.3, 0.4) is 0 Å². The predicted octanol–water partition coefficient (Wildman–Crippen LogP) is 1.41. The van der Waals surface area contributed by atoms with Crippen LogP contribution in [0.1, 0.15) is 11.7 Å². The summed E-state index contributed by atoms with van der Waals surface area (Å²) in [7, 11) is 0. The summed E-state index contributed by atoms with van der Waals surface area (Å²) in [5.74, 6) is 0. The fraction of sp³-hybridized carbons (Fsp3) is 0.286. The van der Waals surface area contributed by atoms with Crippen molar-refractivity contribution in [2.24, 2.45) is 0 Å². The number of rotatable bonds is 3. The van der Waals surface area contributed by atoms with E-state index in [4.69, 9.17) is 4.55 Å². The summed E-state index contributed by atoms with van der Waals surface area (Å²) in [5.41, 5.74) is -0.354. The van der Waals surface area contributed by atoms with Crippen molar-refractivity contribution >= 4 is 11.3 Å². The normalized spacial score (nSPS) is 16.0. The zero-order chi connectivity index (χ0) is 11.5. The quantitative estimate of drug-likeness (QED) is 0.785. The zero-order valence-corrected chi connectivity index (χ0v) is 8.05. The van der Waals surface area contributed by atoms with E-state index in [1.807, 2.05) is 0 Å².